The molecule has 0 unspecified atom stereocenters. The zero-order valence-corrected chi connectivity index (χ0v) is 15.0. The first-order valence-electron chi connectivity index (χ1n) is 8.71. The third kappa shape index (κ3) is 2.39. The van der Waals surface area contributed by atoms with Crippen molar-refractivity contribution >= 4 is 11.5 Å². The Hall–Kier alpha value is -3.62. The third-order valence-corrected chi connectivity index (χ3v) is 4.57. The first-order valence-corrected chi connectivity index (χ1v) is 8.71. The molecule has 5 aromatic rings. The normalized spacial score (nSPS) is 11.9. The maximum atomic E-state index is 14.5. The van der Waals surface area contributed by atoms with Crippen molar-refractivity contribution in [2.24, 2.45) is 0 Å². The SMILES string of the molecule is CC(C)c1[nH]nc2ccc(-c3c(-c4ccc(F)cc4F)nc4occn34)n[n+]12. The molecule has 140 valence electrons. The summed E-state index contributed by atoms with van der Waals surface area (Å²) in [6.45, 7) is 4.06. The molecule has 0 saturated carbocycles. The van der Waals surface area contributed by atoms with E-state index in [4.69, 9.17) is 4.42 Å². The van der Waals surface area contributed by atoms with Gasteiger partial charge in [-0.05, 0) is 18.2 Å². The minimum absolute atomic E-state index is 0.165. The van der Waals surface area contributed by atoms with Crippen molar-refractivity contribution in [2.75, 3.05) is 0 Å². The van der Waals surface area contributed by atoms with Gasteiger partial charge in [0.25, 0.3) is 5.82 Å². The van der Waals surface area contributed by atoms with E-state index in [1.54, 1.807) is 21.2 Å². The molecule has 0 amide bonds. The molecule has 28 heavy (non-hydrogen) atoms. The topological polar surface area (TPSA) is 76.1 Å². The molecular formula is C19H15F2N6O+. The number of aromatic amines is 1. The molecule has 0 aliphatic heterocycles. The van der Waals surface area contributed by atoms with E-state index in [1.807, 2.05) is 19.9 Å². The van der Waals surface area contributed by atoms with Gasteiger partial charge in [0.1, 0.15) is 35.0 Å². The molecular weight excluding hydrogens is 366 g/mol. The monoisotopic (exact) mass is 381 g/mol. The van der Waals surface area contributed by atoms with Gasteiger partial charge in [0.2, 0.25) is 0 Å². The summed E-state index contributed by atoms with van der Waals surface area (Å²) in [6, 6.07) is 6.98. The second kappa shape index (κ2) is 5.95. The quantitative estimate of drug-likeness (QED) is 0.485. The van der Waals surface area contributed by atoms with E-state index in [-0.39, 0.29) is 17.3 Å². The van der Waals surface area contributed by atoms with Crippen molar-refractivity contribution in [1.29, 1.82) is 0 Å². The molecule has 0 aliphatic carbocycles. The van der Waals surface area contributed by atoms with E-state index in [2.05, 4.69) is 20.3 Å². The fraction of sp³-hybridized carbons (Fsp3) is 0.158. The maximum Gasteiger partial charge on any atom is 0.325 e. The minimum Gasteiger partial charge on any atom is -0.432 e. The summed E-state index contributed by atoms with van der Waals surface area (Å²) in [5.74, 6) is -0.0648. The summed E-state index contributed by atoms with van der Waals surface area (Å²) >= 11 is 0. The molecule has 0 atom stereocenters. The molecule has 5 rings (SSSR count). The van der Waals surface area contributed by atoms with Crippen LogP contribution in [0.4, 0.5) is 8.78 Å². The Morgan fingerprint density at radius 3 is 2.82 bits per heavy atom. The summed E-state index contributed by atoms with van der Waals surface area (Å²) in [5.41, 5.74) is 2.24. The van der Waals surface area contributed by atoms with Gasteiger partial charge in [-0.3, -0.25) is 4.40 Å². The third-order valence-electron chi connectivity index (χ3n) is 4.57. The molecule has 0 radical (unpaired) electrons. The van der Waals surface area contributed by atoms with Crippen LogP contribution in [-0.2, 0) is 0 Å². The highest BCUT2D eigenvalue weighted by Crippen LogP contribution is 2.33. The van der Waals surface area contributed by atoms with E-state index in [9.17, 15) is 8.78 Å². The highest BCUT2D eigenvalue weighted by Gasteiger charge is 2.24. The lowest BCUT2D eigenvalue weighted by Gasteiger charge is -2.05. The van der Waals surface area contributed by atoms with Crippen LogP contribution in [0.15, 0.2) is 47.2 Å². The van der Waals surface area contributed by atoms with E-state index in [1.165, 1.54) is 18.4 Å². The van der Waals surface area contributed by atoms with Crippen LogP contribution in [0.3, 0.4) is 0 Å². The largest absolute Gasteiger partial charge is 0.432 e. The van der Waals surface area contributed by atoms with Crippen molar-refractivity contribution in [1.82, 2.24) is 24.7 Å². The van der Waals surface area contributed by atoms with Crippen LogP contribution < -0.4 is 4.52 Å². The summed E-state index contributed by atoms with van der Waals surface area (Å²) in [7, 11) is 0. The molecule has 0 aliphatic rings. The summed E-state index contributed by atoms with van der Waals surface area (Å²) < 4.78 is 36.6. The Labute approximate surface area is 157 Å². The van der Waals surface area contributed by atoms with Crippen LogP contribution in [0.2, 0.25) is 0 Å². The number of hydrogen-bond acceptors (Lipinski definition) is 4. The number of halogens is 2. The van der Waals surface area contributed by atoms with Gasteiger partial charge in [-0.25, -0.2) is 8.78 Å². The van der Waals surface area contributed by atoms with Crippen LogP contribution in [0, 0.1) is 11.6 Å². The molecule has 1 aromatic carbocycles. The molecule has 0 saturated heterocycles. The van der Waals surface area contributed by atoms with Crippen LogP contribution in [0.25, 0.3) is 34.1 Å². The van der Waals surface area contributed by atoms with Crippen molar-refractivity contribution < 1.29 is 17.7 Å². The average Bonchev–Trinajstić information content (AvgIpc) is 3.34. The molecule has 9 heteroatoms. The van der Waals surface area contributed by atoms with Crippen molar-refractivity contribution in [3.63, 3.8) is 0 Å². The summed E-state index contributed by atoms with van der Waals surface area (Å²) in [6.07, 6.45) is 3.16. The van der Waals surface area contributed by atoms with Crippen molar-refractivity contribution in [3.05, 3.63) is 60.3 Å². The van der Waals surface area contributed by atoms with Gasteiger partial charge in [-0.15, -0.1) is 14.7 Å². The van der Waals surface area contributed by atoms with Gasteiger partial charge < -0.3 is 4.42 Å². The van der Waals surface area contributed by atoms with E-state index in [0.29, 0.717) is 22.7 Å². The van der Waals surface area contributed by atoms with Gasteiger partial charge in [-0.2, -0.15) is 4.98 Å². The maximum absolute atomic E-state index is 14.5. The van der Waals surface area contributed by atoms with E-state index in [0.717, 1.165) is 11.9 Å². The predicted octanol–water partition coefficient (Wildman–Crippen LogP) is 3.52. The molecule has 4 heterocycles. The number of H-pyrrole nitrogens is 1. The molecule has 0 spiro atoms. The number of rotatable bonds is 3. The number of aromatic nitrogens is 6. The summed E-state index contributed by atoms with van der Waals surface area (Å²) in [5, 5.41) is 11.9. The number of nitrogens with one attached hydrogen (secondary N) is 1. The number of hydrogen-bond donors (Lipinski definition) is 1. The first kappa shape index (κ1) is 16.5. The molecule has 0 fully saturated rings. The van der Waals surface area contributed by atoms with Gasteiger partial charge in [0.05, 0.1) is 0 Å². The van der Waals surface area contributed by atoms with Crippen LogP contribution in [0.1, 0.15) is 25.6 Å². The van der Waals surface area contributed by atoms with E-state index >= 15 is 0 Å². The van der Waals surface area contributed by atoms with Gasteiger partial charge in [0.15, 0.2) is 0 Å². The number of imidazole rings is 1. The number of benzene rings is 1. The van der Waals surface area contributed by atoms with Crippen LogP contribution in [0.5, 0.6) is 0 Å². The van der Waals surface area contributed by atoms with Crippen LogP contribution >= 0.6 is 0 Å². The number of nitrogens with zero attached hydrogens (tertiary/aromatic N) is 5. The Balaban J connectivity index is 1.80. The summed E-state index contributed by atoms with van der Waals surface area (Å²) in [4.78, 5) is 4.40. The van der Waals surface area contributed by atoms with Crippen LogP contribution in [-0.4, -0.2) is 24.7 Å². The molecule has 0 bridgehead atoms. The van der Waals surface area contributed by atoms with E-state index < -0.39 is 11.6 Å². The predicted molar refractivity (Wildman–Crippen MR) is 95.4 cm³/mol. The number of oxazole rings is 1. The second-order valence-corrected chi connectivity index (χ2v) is 6.74. The highest BCUT2D eigenvalue weighted by molar-refractivity contribution is 5.79. The zero-order valence-electron chi connectivity index (χ0n) is 15.0. The van der Waals surface area contributed by atoms with Gasteiger partial charge in [0, 0.05) is 34.9 Å². The van der Waals surface area contributed by atoms with Gasteiger partial charge in [-0.1, -0.05) is 13.8 Å². The Bertz CT molecular complexity index is 1330. The standard InChI is InChI=1S/C19H14F2N6O/c1-10(2)18-24-23-15-6-5-14(25-27(15)18)17-16(22-19-26(17)7-8-28-19)12-4-3-11(20)9-13(12)21/h3-10H,1-2H3/p+1. The Morgan fingerprint density at radius 2 is 2.04 bits per heavy atom. The Kier molecular flexibility index (Phi) is 3.51. The smallest absolute Gasteiger partial charge is 0.325 e. The lowest BCUT2D eigenvalue weighted by Crippen LogP contribution is -2.31. The lowest BCUT2D eigenvalue weighted by atomic mass is 10.1. The highest BCUT2D eigenvalue weighted by atomic mass is 19.1. The minimum atomic E-state index is -0.707. The first-order chi connectivity index (χ1) is 13.5. The molecule has 7 nitrogen and oxygen atoms in total. The second-order valence-electron chi connectivity index (χ2n) is 6.74. The number of fused-ring (bicyclic) bond motifs is 2. The Morgan fingerprint density at radius 1 is 1.18 bits per heavy atom. The van der Waals surface area contributed by atoms with Gasteiger partial charge >= 0.3 is 11.5 Å². The average molecular weight is 381 g/mol. The molecule has 4 aromatic heterocycles. The van der Waals surface area contributed by atoms with Crippen molar-refractivity contribution in [2.45, 2.75) is 19.8 Å². The fourth-order valence-electron chi connectivity index (χ4n) is 3.24. The molecule has 1 N–H and O–H groups in total. The van der Waals surface area contributed by atoms with Crippen molar-refractivity contribution in [3.8, 4) is 22.6 Å². The zero-order chi connectivity index (χ0) is 19.4. The lowest BCUT2D eigenvalue weighted by molar-refractivity contribution is -0.589. The fourth-order valence-corrected chi connectivity index (χ4v) is 3.24.